The minimum absolute atomic E-state index is 0.0945. The molecule has 0 bridgehead atoms. The summed E-state index contributed by atoms with van der Waals surface area (Å²) in [4.78, 5) is 26.1. The molecular weight excluding hydrogens is 366 g/mol. The Labute approximate surface area is 168 Å². The fourth-order valence-corrected chi connectivity index (χ4v) is 3.87. The molecule has 6 nitrogen and oxygen atoms in total. The highest BCUT2D eigenvalue weighted by Gasteiger charge is 2.33. The highest BCUT2D eigenvalue weighted by molar-refractivity contribution is 6.07. The second-order valence-electron chi connectivity index (χ2n) is 7.20. The minimum atomic E-state index is -0.481. The monoisotopic (exact) mass is 387 g/mol. The topological polar surface area (TPSA) is 75.5 Å². The van der Waals surface area contributed by atoms with Crippen molar-refractivity contribution in [2.24, 2.45) is 0 Å². The van der Waals surface area contributed by atoms with Gasteiger partial charge in [0, 0.05) is 35.1 Å². The van der Waals surface area contributed by atoms with Gasteiger partial charge in [-0.25, -0.2) is 0 Å². The summed E-state index contributed by atoms with van der Waals surface area (Å²) < 4.78 is 0. The normalized spacial score (nSPS) is 17.7. The number of non-ortho nitro benzene ring substituents is 1. The van der Waals surface area contributed by atoms with E-state index in [0.717, 1.165) is 23.4 Å². The zero-order valence-corrected chi connectivity index (χ0v) is 16.0. The van der Waals surface area contributed by atoms with Gasteiger partial charge < -0.3 is 10.2 Å². The molecule has 0 fully saturated rings. The number of carbonyl (C=O) groups excluding carboxylic acids is 1. The van der Waals surface area contributed by atoms with Crippen LogP contribution in [0.4, 0.5) is 17.1 Å². The smallest absolute Gasteiger partial charge is 0.270 e. The second-order valence-corrected chi connectivity index (χ2v) is 7.20. The number of amides is 1. The van der Waals surface area contributed by atoms with Crippen molar-refractivity contribution in [3.05, 3.63) is 100 Å². The molecule has 1 amide bonds. The molecule has 3 aromatic carbocycles. The Morgan fingerprint density at radius 1 is 1.03 bits per heavy atom. The van der Waals surface area contributed by atoms with E-state index >= 15 is 0 Å². The molecule has 1 aliphatic heterocycles. The van der Waals surface area contributed by atoms with Crippen LogP contribution >= 0.6 is 0 Å². The van der Waals surface area contributed by atoms with Crippen LogP contribution in [0.15, 0.2) is 78.9 Å². The molecule has 1 N–H and O–H groups in total. The van der Waals surface area contributed by atoms with Crippen LogP contribution in [-0.2, 0) is 0 Å². The molecule has 2 atom stereocenters. The van der Waals surface area contributed by atoms with Gasteiger partial charge in [-0.2, -0.15) is 0 Å². The van der Waals surface area contributed by atoms with Crippen molar-refractivity contribution in [3.8, 4) is 0 Å². The first-order valence-corrected chi connectivity index (χ1v) is 9.53. The second kappa shape index (κ2) is 7.75. The predicted octanol–water partition coefficient (Wildman–Crippen LogP) is 5.19. The molecule has 0 saturated heterocycles. The number of benzene rings is 3. The summed E-state index contributed by atoms with van der Waals surface area (Å²) in [6, 6.07) is 23.3. The Morgan fingerprint density at radius 2 is 1.76 bits per heavy atom. The van der Waals surface area contributed by atoms with E-state index in [2.05, 4.69) is 12.2 Å². The number of nitrogens with one attached hydrogen (secondary N) is 1. The van der Waals surface area contributed by atoms with E-state index in [1.807, 2.05) is 54.6 Å². The number of nitrogens with zero attached hydrogens (tertiary/aromatic N) is 2. The summed E-state index contributed by atoms with van der Waals surface area (Å²) in [7, 11) is 0. The number of anilines is 2. The third-order valence-corrected chi connectivity index (χ3v) is 5.17. The Balaban J connectivity index is 1.83. The lowest BCUT2D eigenvalue weighted by Gasteiger charge is -2.39. The van der Waals surface area contributed by atoms with Crippen LogP contribution in [0.25, 0.3) is 0 Å². The maximum Gasteiger partial charge on any atom is 0.270 e. The van der Waals surface area contributed by atoms with Gasteiger partial charge in [0.25, 0.3) is 11.6 Å². The van der Waals surface area contributed by atoms with Gasteiger partial charge in [0.2, 0.25) is 0 Å². The number of hydrogen-bond acceptors (Lipinski definition) is 4. The first kappa shape index (κ1) is 18.7. The van der Waals surface area contributed by atoms with Crippen LogP contribution in [0.3, 0.4) is 0 Å². The van der Waals surface area contributed by atoms with Crippen molar-refractivity contribution in [1.29, 1.82) is 0 Å². The number of nitro benzene ring substituents is 1. The quantitative estimate of drug-likeness (QED) is 0.494. The van der Waals surface area contributed by atoms with Gasteiger partial charge in [-0.1, -0.05) is 42.5 Å². The van der Waals surface area contributed by atoms with Gasteiger partial charge in [-0.05, 0) is 43.2 Å². The summed E-state index contributed by atoms with van der Waals surface area (Å²) in [6.07, 6.45) is 0.729. The van der Waals surface area contributed by atoms with Crippen LogP contribution in [0.5, 0.6) is 0 Å². The highest BCUT2D eigenvalue weighted by atomic mass is 16.6. The number of carbonyl (C=O) groups is 1. The van der Waals surface area contributed by atoms with Gasteiger partial charge >= 0.3 is 0 Å². The van der Waals surface area contributed by atoms with Gasteiger partial charge in [0.05, 0.1) is 11.0 Å². The summed E-state index contributed by atoms with van der Waals surface area (Å²) in [5.41, 5.74) is 3.00. The fraction of sp³-hybridized carbons (Fsp3) is 0.174. The van der Waals surface area contributed by atoms with E-state index in [4.69, 9.17) is 0 Å². The van der Waals surface area contributed by atoms with Crippen molar-refractivity contribution in [3.63, 3.8) is 0 Å². The minimum Gasteiger partial charge on any atom is -0.382 e. The number of hydrogen-bond donors (Lipinski definition) is 1. The Hall–Kier alpha value is -3.67. The maximum atomic E-state index is 13.6. The molecule has 1 aliphatic rings. The molecule has 29 heavy (non-hydrogen) atoms. The average Bonchev–Trinajstić information content (AvgIpc) is 2.74. The third-order valence-electron chi connectivity index (χ3n) is 5.17. The van der Waals surface area contributed by atoms with E-state index in [1.54, 1.807) is 17.0 Å². The summed E-state index contributed by atoms with van der Waals surface area (Å²) in [5, 5.41) is 14.7. The van der Waals surface area contributed by atoms with E-state index in [1.165, 1.54) is 12.1 Å². The molecule has 0 aliphatic carbocycles. The van der Waals surface area contributed by atoms with Gasteiger partial charge in [-0.15, -0.1) is 0 Å². The zero-order valence-electron chi connectivity index (χ0n) is 16.0. The first-order chi connectivity index (χ1) is 14.0. The Morgan fingerprint density at radius 3 is 2.52 bits per heavy atom. The number of rotatable bonds is 4. The van der Waals surface area contributed by atoms with E-state index in [9.17, 15) is 14.9 Å². The first-order valence-electron chi connectivity index (χ1n) is 9.53. The van der Waals surface area contributed by atoms with Crippen molar-refractivity contribution in [2.75, 3.05) is 10.2 Å². The molecule has 1 heterocycles. The third kappa shape index (κ3) is 3.69. The SMILES string of the molecule is C[C@H]1C[C@H](N(C(=O)c2cccc([N+](=O)[O-])c2)c2ccccc2)c2ccccc2N1. The van der Waals surface area contributed by atoms with Crippen LogP contribution in [0, 0.1) is 10.1 Å². The molecule has 6 heteroatoms. The van der Waals surface area contributed by atoms with Crippen LogP contribution in [0.2, 0.25) is 0 Å². The van der Waals surface area contributed by atoms with Crippen LogP contribution in [0.1, 0.15) is 35.3 Å². The van der Waals surface area contributed by atoms with Gasteiger partial charge in [-0.3, -0.25) is 14.9 Å². The number of fused-ring (bicyclic) bond motifs is 1. The molecule has 0 saturated carbocycles. The van der Waals surface area contributed by atoms with E-state index in [0.29, 0.717) is 5.56 Å². The van der Waals surface area contributed by atoms with Crippen molar-refractivity contribution in [1.82, 2.24) is 0 Å². The highest BCUT2D eigenvalue weighted by Crippen LogP contribution is 2.39. The molecule has 4 rings (SSSR count). The van der Waals surface area contributed by atoms with Crippen molar-refractivity contribution >= 4 is 23.0 Å². The van der Waals surface area contributed by atoms with Crippen molar-refractivity contribution in [2.45, 2.75) is 25.4 Å². The van der Waals surface area contributed by atoms with Gasteiger partial charge in [0.15, 0.2) is 0 Å². The predicted molar refractivity (Wildman–Crippen MR) is 113 cm³/mol. The largest absolute Gasteiger partial charge is 0.382 e. The molecule has 0 aromatic heterocycles. The average molecular weight is 387 g/mol. The molecular formula is C23H21N3O3. The van der Waals surface area contributed by atoms with E-state index in [-0.39, 0.29) is 23.7 Å². The number of para-hydroxylation sites is 2. The maximum absolute atomic E-state index is 13.6. The zero-order chi connectivity index (χ0) is 20.4. The summed E-state index contributed by atoms with van der Waals surface area (Å²) in [6.45, 7) is 2.09. The molecule has 0 radical (unpaired) electrons. The van der Waals surface area contributed by atoms with Crippen LogP contribution < -0.4 is 10.2 Å². The summed E-state index contributed by atoms with van der Waals surface area (Å²) >= 11 is 0. The van der Waals surface area contributed by atoms with Crippen molar-refractivity contribution < 1.29 is 9.72 Å². The Bertz CT molecular complexity index is 1050. The Kier molecular flexibility index (Phi) is 4.99. The molecule has 0 unspecified atom stereocenters. The van der Waals surface area contributed by atoms with E-state index < -0.39 is 4.92 Å². The van der Waals surface area contributed by atoms with Gasteiger partial charge in [0.1, 0.15) is 0 Å². The summed E-state index contributed by atoms with van der Waals surface area (Å²) in [5.74, 6) is -0.256. The molecule has 146 valence electrons. The lowest BCUT2D eigenvalue weighted by Crippen LogP contribution is -2.40. The van der Waals surface area contributed by atoms with Crippen LogP contribution in [-0.4, -0.2) is 16.9 Å². The number of nitro groups is 1. The molecule has 0 spiro atoms. The lowest BCUT2D eigenvalue weighted by molar-refractivity contribution is -0.384. The fourth-order valence-electron chi connectivity index (χ4n) is 3.87. The standard InChI is InChI=1S/C23H21N3O3/c1-16-14-22(20-12-5-6-13-21(20)24-16)25(18-9-3-2-4-10-18)23(27)17-8-7-11-19(15-17)26(28)29/h2-13,15-16,22,24H,14H2,1H3/t16-,22-/m0/s1. The molecule has 3 aromatic rings. The lowest BCUT2D eigenvalue weighted by atomic mass is 9.91.